The molecule has 232 valence electrons. The van der Waals surface area contributed by atoms with Gasteiger partial charge in [-0.3, -0.25) is 9.59 Å². The topological polar surface area (TPSA) is 122 Å². The van der Waals surface area contributed by atoms with Crippen LogP contribution in [0.3, 0.4) is 0 Å². The van der Waals surface area contributed by atoms with Gasteiger partial charge in [-0.05, 0) is 45.0 Å². The lowest BCUT2D eigenvalue weighted by atomic mass is 10.2. The van der Waals surface area contributed by atoms with Gasteiger partial charge in [0, 0.05) is 62.4 Å². The van der Waals surface area contributed by atoms with Crippen LogP contribution < -0.4 is 25.8 Å². The fourth-order valence-electron chi connectivity index (χ4n) is 5.76. The van der Waals surface area contributed by atoms with Crippen molar-refractivity contribution in [1.82, 2.24) is 34.4 Å². The number of carbonyl (C=O) groups is 1. The molecule has 3 aliphatic rings. The molecule has 2 N–H and O–H groups in total. The minimum Gasteiger partial charge on any atom is -0.497 e. The average molecular weight is 602 g/mol. The highest BCUT2D eigenvalue weighted by Crippen LogP contribution is 2.30. The molecule has 44 heavy (non-hydrogen) atoms. The lowest BCUT2D eigenvalue weighted by Crippen LogP contribution is -2.49. The number of dihydropyridines is 1. The first kappa shape index (κ1) is 29.3. The first-order valence-corrected chi connectivity index (χ1v) is 15.0. The van der Waals surface area contributed by atoms with E-state index < -0.39 is 6.17 Å². The lowest BCUT2D eigenvalue weighted by Gasteiger charge is -2.34. The van der Waals surface area contributed by atoms with Crippen molar-refractivity contribution >= 4 is 40.6 Å². The molecule has 0 spiro atoms. The van der Waals surface area contributed by atoms with Crippen molar-refractivity contribution in [1.29, 1.82) is 0 Å². The van der Waals surface area contributed by atoms with Gasteiger partial charge in [0.25, 0.3) is 5.56 Å². The molecule has 1 aromatic carbocycles. The number of hydrogen-bond donors (Lipinski definition) is 2. The molecule has 5 heterocycles. The second kappa shape index (κ2) is 12.8. The lowest BCUT2D eigenvalue weighted by molar-refractivity contribution is -0.120. The monoisotopic (exact) mass is 601 g/mol. The summed E-state index contributed by atoms with van der Waals surface area (Å²) in [5.74, 6) is 2.29. The number of piperazine rings is 1. The van der Waals surface area contributed by atoms with E-state index in [-0.39, 0.29) is 5.56 Å². The second-order valence-corrected chi connectivity index (χ2v) is 11.0. The second-order valence-electron chi connectivity index (χ2n) is 11.0. The smallest absolute Gasteiger partial charge is 0.278 e. The molecule has 1 amide bonds. The molecule has 0 saturated carbocycles. The number of amides is 1. The van der Waals surface area contributed by atoms with Gasteiger partial charge in [-0.25, -0.2) is 14.3 Å². The van der Waals surface area contributed by atoms with Crippen LogP contribution in [0.15, 0.2) is 59.3 Å². The number of benzene rings is 1. The minimum absolute atomic E-state index is 0.210. The Balaban J connectivity index is 1.41. The maximum atomic E-state index is 13.7. The van der Waals surface area contributed by atoms with Crippen molar-refractivity contribution < 1.29 is 14.3 Å². The van der Waals surface area contributed by atoms with Crippen molar-refractivity contribution in [3.8, 4) is 5.75 Å². The fraction of sp³-hybridized carbons (Fsp3) is 0.419. The fourth-order valence-corrected chi connectivity index (χ4v) is 5.76. The van der Waals surface area contributed by atoms with E-state index in [1.165, 1.54) is 0 Å². The Morgan fingerprint density at radius 1 is 1.11 bits per heavy atom. The zero-order valence-corrected chi connectivity index (χ0v) is 25.4. The summed E-state index contributed by atoms with van der Waals surface area (Å²) >= 11 is 0. The number of aromatic nitrogens is 4. The summed E-state index contributed by atoms with van der Waals surface area (Å²) < 4.78 is 14.9. The maximum Gasteiger partial charge on any atom is 0.278 e. The number of rotatable bonds is 7. The maximum absolute atomic E-state index is 13.7. The van der Waals surface area contributed by atoms with E-state index in [1.54, 1.807) is 27.6 Å². The summed E-state index contributed by atoms with van der Waals surface area (Å²) in [6.45, 7) is 7.09. The molecule has 0 radical (unpaired) electrons. The summed E-state index contributed by atoms with van der Waals surface area (Å²) in [4.78, 5) is 41.5. The summed E-state index contributed by atoms with van der Waals surface area (Å²) in [6, 6.07) is 6.00. The van der Waals surface area contributed by atoms with Gasteiger partial charge < -0.3 is 34.8 Å². The molecule has 0 aliphatic carbocycles. The number of carbonyl (C=O) groups excluding carboxylic acids is 1. The molecule has 13 nitrogen and oxygen atoms in total. The molecule has 3 aliphatic heterocycles. The third-order valence-electron chi connectivity index (χ3n) is 8.12. The van der Waals surface area contributed by atoms with Crippen LogP contribution in [0.1, 0.15) is 19.8 Å². The largest absolute Gasteiger partial charge is 0.497 e. The highest BCUT2D eigenvalue weighted by Gasteiger charge is 2.29. The molecular weight excluding hydrogens is 562 g/mol. The zero-order chi connectivity index (χ0) is 30.6. The van der Waals surface area contributed by atoms with E-state index in [0.29, 0.717) is 48.3 Å². The molecule has 2 aromatic heterocycles. The zero-order valence-electron chi connectivity index (χ0n) is 25.4. The molecule has 1 saturated heterocycles. The van der Waals surface area contributed by atoms with Crippen molar-refractivity contribution in [2.24, 2.45) is 0 Å². The van der Waals surface area contributed by atoms with Crippen molar-refractivity contribution in [2.75, 3.05) is 63.7 Å². The van der Waals surface area contributed by atoms with Gasteiger partial charge >= 0.3 is 0 Å². The Kier molecular flexibility index (Phi) is 8.55. The third kappa shape index (κ3) is 5.87. The van der Waals surface area contributed by atoms with Gasteiger partial charge in [-0.1, -0.05) is 12.2 Å². The van der Waals surface area contributed by atoms with Crippen molar-refractivity contribution in [3.63, 3.8) is 0 Å². The highest BCUT2D eigenvalue weighted by atomic mass is 16.5. The number of fused-ring (bicyclic) bond motifs is 6. The van der Waals surface area contributed by atoms with Crippen LogP contribution in [-0.4, -0.2) is 95.2 Å². The number of ether oxygens (including phenoxy) is 2. The highest BCUT2D eigenvalue weighted by molar-refractivity contribution is 5.79. The molecule has 1 fully saturated rings. The van der Waals surface area contributed by atoms with E-state index in [9.17, 15) is 9.59 Å². The predicted molar refractivity (Wildman–Crippen MR) is 170 cm³/mol. The van der Waals surface area contributed by atoms with E-state index in [2.05, 4.69) is 38.5 Å². The SMILES string of the molecule is CCOC1=CC=C2NC1N(C=O)CCC/C=C\Cn1c(=O)c3cnc(Nc4cc(OC)cc(N5CCN(C)CC5)c4)nc3n12. The van der Waals surface area contributed by atoms with E-state index in [4.69, 9.17) is 14.5 Å². The Labute approximate surface area is 256 Å². The molecular formula is C31H39N9O4. The predicted octanol–water partition coefficient (Wildman–Crippen LogP) is 2.55. The summed E-state index contributed by atoms with van der Waals surface area (Å²) in [5.41, 5.74) is 2.05. The van der Waals surface area contributed by atoms with Crippen LogP contribution in [-0.2, 0) is 16.1 Å². The number of likely N-dealkylation sites (N-methyl/N-ethyl adjacent to an activating group) is 1. The first-order chi connectivity index (χ1) is 21.5. The Hall–Kier alpha value is -4.78. The number of nitrogens with zero attached hydrogens (tertiary/aromatic N) is 7. The Bertz CT molecular complexity index is 1670. The molecule has 6 rings (SSSR count). The van der Waals surface area contributed by atoms with E-state index >= 15 is 0 Å². The van der Waals surface area contributed by atoms with Crippen LogP contribution in [0.5, 0.6) is 5.75 Å². The van der Waals surface area contributed by atoms with Gasteiger partial charge in [0.2, 0.25) is 12.4 Å². The van der Waals surface area contributed by atoms with Gasteiger partial charge in [0.1, 0.15) is 22.7 Å². The summed E-state index contributed by atoms with van der Waals surface area (Å²) in [5, 5.41) is 7.15. The number of hydrogen-bond acceptors (Lipinski definition) is 10. The van der Waals surface area contributed by atoms with Crippen LogP contribution in [0, 0.1) is 0 Å². The van der Waals surface area contributed by atoms with Crippen molar-refractivity contribution in [2.45, 2.75) is 32.5 Å². The molecule has 3 aromatic rings. The van der Waals surface area contributed by atoms with Gasteiger partial charge in [0.15, 0.2) is 11.8 Å². The Morgan fingerprint density at radius 3 is 2.73 bits per heavy atom. The van der Waals surface area contributed by atoms with E-state index in [1.807, 2.05) is 43.4 Å². The molecule has 1 unspecified atom stereocenters. The van der Waals surface area contributed by atoms with E-state index in [0.717, 1.165) is 62.6 Å². The van der Waals surface area contributed by atoms with Gasteiger partial charge in [-0.15, -0.1) is 0 Å². The van der Waals surface area contributed by atoms with Crippen LogP contribution in [0.4, 0.5) is 17.3 Å². The number of allylic oxidation sites excluding steroid dienone is 4. The normalized spacial score (nSPS) is 19.9. The van der Waals surface area contributed by atoms with Crippen molar-refractivity contribution in [3.05, 3.63) is 64.8 Å². The summed E-state index contributed by atoms with van der Waals surface area (Å²) in [7, 11) is 3.78. The Morgan fingerprint density at radius 2 is 1.95 bits per heavy atom. The molecule has 13 heteroatoms. The van der Waals surface area contributed by atoms with Crippen LogP contribution >= 0.6 is 0 Å². The number of methoxy groups -OCH3 is 1. The van der Waals surface area contributed by atoms with Crippen LogP contribution in [0.2, 0.25) is 0 Å². The minimum atomic E-state index is -0.527. The summed E-state index contributed by atoms with van der Waals surface area (Å²) in [6.07, 6.45) is 11.1. The first-order valence-electron chi connectivity index (χ1n) is 15.0. The quantitative estimate of drug-likeness (QED) is 0.309. The van der Waals surface area contributed by atoms with Gasteiger partial charge in [-0.2, -0.15) is 4.98 Å². The van der Waals surface area contributed by atoms with Crippen LogP contribution in [0.25, 0.3) is 16.9 Å². The molecule has 2 bridgehead atoms. The van der Waals surface area contributed by atoms with Gasteiger partial charge in [0.05, 0.1) is 20.3 Å². The number of anilines is 3. The average Bonchev–Trinajstić information content (AvgIpc) is 3.31. The standard InChI is InChI=1S/C31H39N9O4/c1-4-44-26-9-10-27-34-29(26)38(21-41)11-7-5-6-8-12-39-30(42)25-20-32-31(35-28(25)40(27)39)33-22-17-23(19-24(18-22)43-3)37-15-13-36(2)14-16-37/h6,8-10,17-21,29,34H,4-5,7,11-16H2,1-3H3,(H,32,33,35)/b8-6-. The third-order valence-corrected chi connectivity index (χ3v) is 8.12. The number of nitrogens with one attached hydrogen (secondary N) is 2. The molecule has 1 atom stereocenters.